The molecule has 0 saturated carbocycles. The highest BCUT2D eigenvalue weighted by molar-refractivity contribution is 7.99. The summed E-state index contributed by atoms with van der Waals surface area (Å²) >= 11 is 2.02. The number of hydrogen-bond donors (Lipinski definition) is 1. The summed E-state index contributed by atoms with van der Waals surface area (Å²) in [6.45, 7) is 1.53. The van der Waals surface area contributed by atoms with Crippen LogP contribution in [0, 0.1) is 5.82 Å². The highest BCUT2D eigenvalue weighted by Crippen LogP contribution is 2.20. The summed E-state index contributed by atoms with van der Waals surface area (Å²) in [7, 11) is 0. The molecule has 1 atom stereocenters. The smallest absolute Gasteiger partial charge is 0.224 e. The fourth-order valence-electron chi connectivity index (χ4n) is 3.21. The summed E-state index contributed by atoms with van der Waals surface area (Å²) in [5.41, 5.74) is 1.08. The Morgan fingerprint density at radius 2 is 1.91 bits per heavy atom. The van der Waals surface area contributed by atoms with Crippen molar-refractivity contribution in [3.8, 4) is 0 Å². The molecule has 3 nitrogen and oxygen atoms in total. The maximum absolute atomic E-state index is 12.9. The number of carbonyl (C=O) groups excluding carboxylic acids is 1. The number of halogens is 1. The SMILES string of the molecule is O=C1C[C@H](NC2CCSCC2)CN1CCc1ccc(F)cc1. The molecule has 2 heterocycles. The lowest BCUT2D eigenvalue weighted by atomic mass is 10.1. The molecule has 2 aliphatic heterocycles. The fourth-order valence-corrected chi connectivity index (χ4v) is 4.32. The molecule has 120 valence electrons. The van der Waals surface area contributed by atoms with Crippen LogP contribution in [0.2, 0.25) is 0 Å². The summed E-state index contributed by atoms with van der Waals surface area (Å²) in [5.74, 6) is 2.49. The maximum Gasteiger partial charge on any atom is 0.224 e. The maximum atomic E-state index is 12.9. The van der Waals surface area contributed by atoms with Crippen molar-refractivity contribution in [2.24, 2.45) is 0 Å². The molecule has 22 heavy (non-hydrogen) atoms. The molecule has 1 N–H and O–H groups in total. The van der Waals surface area contributed by atoms with E-state index >= 15 is 0 Å². The minimum Gasteiger partial charge on any atom is -0.341 e. The first-order chi connectivity index (χ1) is 10.7. The van der Waals surface area contributed by atoms with E-state index < -0.39 is 0 Å². The third-order valence-corrected chi connectivity index (χ3v) is 5.54. The summed E-state index contributed by atoms with van der Waals surface area (Å²) in [5, 5.41) is 3.66. The number of hydrogen-bond acceptors (Lipinski definition) is 3. The third kappa shape index (κ3) is 4.23. The van der Waals surface area contributed by atoms with Crippen molar-refractivity contribution in [3.05, 3.63) is 35.6 Å². The molecule has 1 aromatic rings. The molecule has 2 saturated heterocycles. The van der Waals surface area contributed by atoms with Crippen LogP contribution < -0.4 is 5.32 Å². The number of nitrogens with one attached hydrogen (secondary N) is 1. The number of likely N-dealkylation sites (tertiary alicyclic amines) is 1. The number of thioether (sulfide) groups is 1. The first kappa shape index (κ1) is 15.8. The van der Waals surface area contributed by atoms with Crippen LogP contribution in [0.25, 0.3) is 0 Å². The van der Waals surface area contributed by atoms with E-state index in [4.69, 9.17) is 0 Å². The predicted octanol–water partition coefficient (Wildman–Crippen LogP) is 2.45. The van der Waals surface area contributed by atoms with Crippen LogP contribution in [0.4, 0.5) is 4.39 Å². The minimum absolute atomic E-state index is 0.212. The molecule has 0 radical (unpaired) electrons. The van der Waals surface area contributed by atoms with E-state index in [1.165, 1.54) is 36.5 Å². The average molecular weight is 322 g/mol. The highest BCUT2D eigenvalue weighted by Gasteiger charge is 2.30. The summed E-state index contributed by atoms with van der Waals surface area (Å²) < 4.78 is 12.9. The van der Waals surface area contributed by atoms with Crippen molar-refractivity contribution in [1.29, 1.82) is 0 Å². The van der Waals surface area contributed by atoms with Gasteiger partial charge in [-0.2, -0.15) is 11.8 Å². The summed E-state index contributed by atoms with van der Waals surface area (Å²) in [4.78, 5) is 14.1. The molecule has 0 aliphatic carbocycles. The largest absolute Gasteiger partial charge is 0.341 e. The van der Waals surface area contributed by atoms with Gasteiger partial charge in [-0.25, -0.2) is 4.39 Å². The average Bonchev–Trinajstić information content (AvgIpc) is 2.87. The Morgan fingerprint density at radius 1 is 1.18 bits per heavy atom. The molecule has 1 amide bonds. The lowest BCUT2D eigenvalue weighted by Gasteiger charge is -2.26. The Kier molecular flexibility index (Phi) is 5.37. The van der Waals surface area contributed by atoms with Crippen LogP contribution in [0.1, 0.15) is 24.8 Å². The highest BCUT2D eigenvalue weighted by atomic mass is 32.2. The number of rotatable bonds is 5. The Hall–Kier alpha value is -1.07. The van der Waals surface area contributed by atoms with E-state index in [-0.39, 0.29) is 11.7 Å². The fraction of sp³-hybridized carbons (Fsp3) is 0.588. The van der Waals surface area contributed by atoms with E-state index in [1.54, 1.807) is 12.1 Å². The summed E-state index contributed by atoms with van der Waals surface area (Å²) in [6.07, 6.45) is 3.84. The predicted molar refractivity (Wildman–Crippen MR) is 88.6 cm³/mol. The standard InChI is InChI=1S/C17H23FN2OS/c18-14-3-1-13(2-4-14)5-8-20-12-16(11-17(20)21)19-15-6-9-22-10-7-15/h1-4,15-16,19H,5-12H2/t16-/m0/s1. The zero-order valence-corrected chi connectivity index (χ0v) is 13.6. The Balaban J connectivity index is 1.46. The van der Waals surface area contributed by atoms with Crippen molar-refractivity contribution >= 4 is 17.7 Å². The van der Waals surface area contributed by atoms with E-state index in [1.807, 2.05) is 16.7 Å². The van der Waals surface area contributed by atoms with Crippen LogP contribution in [-0.4, -0.2) is 47.5 Å². The van der Waals surface area contributed by atoms with Gasteiger partial charge in [-0.05, 0) is 48.5 Å². The summed E-state index contributed by atoms with van der Waals surface area (Å²) in [6, 6.07) is 7.43. The van der Waals surface area contributed by atoms with Gasteiger partial charge in [0.1, 0.15) is 5.82 Å². The van der Waals surface area contributed by atoms with E-state index in [2.05, 4.69) is 5.32 Å². The Labute approximate surface area is 135 Å². The lowest BCUT2D eigenvalue weighted by Crippen LogP contribution is -2.42. The molecule has 2 aliphatic rings. The Bertz CT molecular complexity index is 502. The Morgan fingerprint density at radius 3 is 2.64 bits per heavy atom. The molecule has 3 rings (SSSR count). The minimum atomic E-state index is -0.212. The topological polar surface area (TPSA) is 32.3 Å². The molecule has 1 aromatic carbocycles. The van der Waals surface area contributed by atoms with Crippen molar-refractivity contribution in [2.75, 3.05) is 24.6 Å². The zero-order valence-electron chi connectivity index (χ0n) is 12.8. The van der Waals surface area contributed by atoms with E-state index in [9.17, 15) is 9.18 Å². The number of nitrogens with zero attached hydrogens (tertiary/aromatic N) is 1. The van der Waals surface area contributed by atoms with Gasteiger partial charge in [0, 0.05) is 31.6 Å². The van der Waals surface area contributed by atoms with E-state index in [0.29, 0.717) is 18.5 Å². The zero-order chi connectivity index (χ0) is 15.4. The van der Waals surface area contributed by atoms with Crippen LogP contribution in [0.3, 0.4) is 0 Å². The first-order valence-corrected chi connectivity index (χ1v) is 9.22. The second kappa shape index (κ2) is 7.47. The molecular weight excluding hydrogens is 299 g/mol. The van der Waals surface area contributed by atoms with Crippen LogP contribution in [0.5, 0.6) is 0 Å². The van der Waals surface area contributed by atoms with Crippen molar-refractivity contribution < 1.29 is 9.18 Å². The molecule has 0 bridgehead atoms. The molecule has 0 aromatic heterocycles. The monoisotopic (exact) mass is 322 g/mol. The van der Waals surface area contributed by atoms with Gasteiger partial charge in [0.25, 0.3) is 0 Å². The number of benzene rings is 1. The number of carbonyl (C=O) groups is 1. The van der Waals surface area contributed by atoms with Gasteiger partial charge in [-0.15, -0.1) is 0 Å². The van der Waals surface area contributed by atoms with Crippen molar-refractivity contribution in [1.82, 2.24) is 10.2 Å². The molecule has 5 heteroatoms. The number of amides is 1. The van der Waals surface area contributed by atoms with Crippen LogP contribution in [-0.2, 0) is 11.2 Å². The quantitative estimate of drug-likeness (QED) is 0.904. The first-order valence-electron chi connectivity index (χ1n) is 8.07. The van der Waals surface area contributed by atoms with E-state index in [0.717, 1.165) is 25.1 Å². The van der Waals surface area contributed by atoms with Gasteiger partial charge in [0.15, 0.2) is 0 Å². The third-order valence-electron chi connectivity index (χ3n) is 4.49. The second-order valence-corrected chi connectivity index (χ2v) is 7.40. The van der Waals surface area contributed by atoms with Crippen LogP contribution >= 0.6 is 11.8 Å². The molecular formula is C17H23FN2OS. The molecule has 0 unspecified atom stereocenters. The molecule has 0 spiro atoms. The van der Waals surface area contributed by atoms with Crippen LogP contribution in [0.15, 0.2) is 24.3 Å². The van der Waals surface area contributed by atoms with Gasteiger partial charge in [0.05, 0.1) is 0 Å². The van der Waals surface area contributed by atoms with Crippen molar-refractivity contribution in [3.63, 3.8) is 0 Å². The van der Waals surface area contributed by atoms with Gasteiger partial charge in [-0.3, -0.25) is 4.79 Å². The van der Waals surface area contributed by atoms with Gasteiger partial charge < -0.3 is 10.2 Å². The second-order valence-electron chi connectivity index (χ2n) is 6.17. The van der Waals surface area contributed by atoms with Crippen molar-refractivity contribution in [2.45, 2.75) is 37.8 Å². The van der Waals surface area contributed by atoms with Gasteiger partial charge in [0.2, 0.25) is 5.91 Å². The molecule has 2 fully saturated rings. The lowest BCUT2D eigenvalue weighted by molar-refractivity contribution is -0.127. The van der Waals surface area contributed by atoms with Gasteiger partial charge in [-0.1, -0.05) is 12.1 Å². The normalized spacial score (nSPS) is 23.2. The van der Waals surface area contributed by atoms with Gasteiger partial charge >= 0.3 is 0 Å².